The van der Waals surface area contributed by atoms with Crippen LogP contribution in [0.3, 0.4) is 0 Å². The summed E-state index contributed by atoms with van der Waals surface area (Å²) in [6, 6.07) is 17.7. The van der Waals surface area contributed by atoms with Crippen molar-refractivity contribution in [2.75, 3.05) is 11.9 Å². The zero-order valence-electron chi connectivity index (χ0n) is 17.9. The van der Waals surface area contributed by atoms with Crippen LogP contribution >= 0.6 is 27.5 Å². The standard InChI is InChI=1S/C24H19BrClN3O5/c1-2-33-20-10-8-19(9-11-20)28-22(30)23(31)29-27-14-16-13-17(25)5-12-21(16)34-24(32)15-3-6-18(26)7-4-15/h3-14H,2H2,1H3,(H,28,30)(H,29,31)/b27-14+. The van der Waals surface area contributed by atoms with Crippen molar-refractivity contribution in [2.24, 2.45) is 5.10 Å². The number of carbonyl (C=O) groups is 3. The number of rotatable bonds is 7. The van der Waals surface area contributed by atoms with Crippen molar-refractivity contribution in [3.8, 4) is 11.5 Å². The average Bonchev–Trinajstić information content (AvgIpc) is 2.82. The second-order valence-electron chi connectivity index (χ2n) is 6.69. The molecule has 2 amide bonds. The summed E-state index contributed by atoms with van der Waals surface area (Å²) in [4.78, 5) is 36.6. The van der Waals surface area contributed by atoms with E-state index in [1.165, 1.54) is 6.21 Å². The van der Waals surface area contributed by atoms with Gasteiger partial charge in [0.25, 0.3) is 0 Å². The Morgan fingerprint density at radius 2 is 1.71 bits per heavy atom. The van der Waals surface area contributed by atoms with Crippen LogP contribution in [-0.2, 0) is 9.59 Å². The lowest BCUT2D eigenvalue weighted by Crippen LogP contribution is -2.32. The third-order valence-electron chi connectivity index (χ3n) is 4.25. The van der Waals surface area contributed by atoms with Gasteiger partial charge in [0.15, 0.2) is 0 Å². The van der Waals surface area contributed by atoms with Crippen LogP contribution in [-0.4, -0.2) is 30.6 Å². The van der Waals surface area contributed by atoms with Gasteiger partial charge in [-0.15, -0.1) is 0 Å². The third kappa shape index (κ3) is 7.16. The molecule has 0 aliphatic carbocycles. The van der Waals surface area contributed by atoms with E-state index in [1.807, 2.05) is 6.92 Å². The van der Waals surface area contributed by atoms with Gasteiger partial charge in [-0.3, -0.25) is 9.59 Å². The van der Waals surface area contributed by atoms with Crippen LogP contribution in [0.25, 0.3) is 0 Å². The summed E-state index contributed by atoms with van der Waals surface area (Å²) in [5.74, 6) is -1.60. The molecular weight excluding hydrogens is 526 g/mol. The molecule has 0 bridgehead atoms. The van der Waals surface area contributed by atoms with Gasteiger partial charge in [0.2, 0.25) is 0 Å². The van der Waals surface area contributed by atoms with E-state index in [2.05, 4.69) is 31.8 Å². The number of nitrogens with one attached hydrogen (secondary N) is 2. The lowest BCUT2D eigenvalue weighted by atomic mass is 10.2. The molecule has 2 N–H and O–H groups in total. The summed E-state index contributed by atoms with van der Waals surface area (Å²) in [7, 11) is 0. The fourth-order valence-electron chi connectivity index (χ4n) is 2.66. The van der Waals surface area contributed by atoms with Gasteiger partial charge in [-0.05, 0) is 73.7 Å². The highest BCUT2D eigenvalue weighted by Gasteiger charge is 2.14. The SMILES string of the molecule is CCOc1ccc(NC(=O)C(=O)N/N=C/c2cc(Br)ccc2OC(=O)c2ccc(Cl)cc2)cc1. The highest BCUT2D eigenvalue weighted by Crippen LogP contribution is 2.23. The molecule has 0 aromatic heterocycles. The molecule has 0 aliphatic heterocycles. The highest BCUT2D eigenvalue weighted by atomic mass is 79.9. The Kier molecular flexibility index (Phi) is 8.78. The Labute approximate surface area is 209 Å². The molecule has 3 rings (SSSR count). The quantitative estimate of drug-likeness (QED) is 0.146. The molecule has 0 radical (unpaired) electrons. The van der Waals surface area contributed by atoms with Crippen molar-refractivity contribution in [3.05, 3.63) is 87.4 Å². The molecule has 0 aliphatic rings. The van der Waals surface area contributed by atoms with Gasteiger partial charge >= 0.3 is 17.8 Å². The molecule has 8 nitrogen and oxygen atoms in total. The van der Waals surface area contributed by atoms with Crippen LogP contribution in [0.4, 0.5) is 5.69 Å². The van der Waals surface area contributed by atoms with Gasteiger partial charge in [-0.25, -0.2) is 10.2 Å². The Morgan fingerprint density at radius 1 is 1.00 bits per heavy atom. The maximum atomic E-state index is 12.4. The highest BCUT2D eigenvalue weighted by molar-refractivity contribution is 9.10. The fraction of sp³-hybridized carbons (Fsp3) is 0.0833. The van der Waals surface area contributed by atoms with E-state index >= 15 is 0 Å². The summed E-state index contributed by atoms with van der Waals surface area (Å²) in [5.41, 5.74) is 3.28. The van der Waals surface area contributed by atoms with Gasteiger partial charge in [0, 0.05) is 20.7 Å². The normalized spacial score (nSPS) is 10.6. The monoisotopic (exact) mass is 543 g/mol. The zero-order valence-corrected chi connectivity index (χ0v) is 20.2. The summed E-state index contributed by atoms with van der Waals surface area (Å²) in [5, 5.41) is 6.76. The zero-order chi connectivity index (χ0) is 24.5. The second-order valence-corrected chi connectivity index (χ2v) is 8.04. The van der Waals surface area contributed by atoms with Crippen molar-refractivity contribution < 1.29 is 23.9 Å². The molecule has 0 unspecified atom stereocenters. The minimum absolute atomic E-state index is 0.208. The molecule has 10 heteroatoms. The van der Waals surface area contributed by atoms with Crippen molar-refractivity contribution in [1.82, 2.24) is 5.43 Å². The van der Waals surface area contributed by atoms with Gasteiger partial charge in [0.05, 0.1) is 18.4 Å². The first kappa shape index (κ1) is 24.9. The number of anilines is 1. The number of hydrogen-bond acceptors (Lipinski definition) is 6. The van der Waals surface area contributed by atoms with Crippen molar-refractivity contribution >= 4 is 57.2 Å². The van der Waals surface area contributed by atoms with Gasteiger partial charge in [-0.2, -0.15) is 5.10 Å². The van der Waals surface area contributed by atoms with Crippen LogP contribution in [0.15, 0.2) is 76.3 Å². The molecule has 174 valence electrons. The van der Waals surface area contributed by atoms with Crippen LogP contribution in [0.1, 0.15) is 22.8 Å². The maximum Gasteiger partial charge on any atom is 0.343 e. The summed E-state index contributed by atoms with van der Waals surface area (Å²) >= 11 is 9.18. The molecule has 3 aromatic rings. The fourth-order valence-corrected chi connectivity index (χ4v) is 3.16. The molecule has 0 fully saturated rings. The number of esters is 1. The number of hydrogen-bond donors (Lipinski definition) is 2. The Balaban J connectivity index is 1.62. The van der Waals surface area contributed by atoms with Gasteiger partial charge in [0.1, 0.15) is 11.5 Å². The minimum Gasteiger partial charge on any atom is -0.494 e. The van der Waals surface area contributed by atoms with Gasteiger partial charge in [-0.1, -0.05) is 27.5 Å². The second kappa shape index (κ2) is 12.0. The largest absolute Gasteiger partial charge is 0.494 e. The molecule has 0 saturated carbocycles. The third-order valence-corrected chi connectivity index (χ3v) is 5.00. The first-order chi connectivity index (χ1) is 16.4. The summed E-state index contributed by atoms with van der Waals surface area (Å²) in [6.45, 7) is 2.38. The average molecular weight is 545 g/mol. The Bertz CT molecular complexity index is 1210. The molecular formula is C24H19BrClN3O5. The predicted octanol–water partition coefficient (Wildman–Crippen LogP) is 4.81. The maximum absolute atomic E-state index is 12.4. The molecule has 0 atom stereocenters. The lowest BCUT2D eigenvalue weighted by Gasteiger charge is -2.08. The Hall–Kier alpha value is -3.69. The lowest BCUT2D eigenvalue weighted by molar-refractivity contribution is -0.136. The number of benzene rings is 3. The number of nitrogens with zero attached hydrogens (tertiary/aromatic N) is 1. The summed E-state index contributed by atoms with van der Waals surface area (Å²) in [6.07, 6.45) is 1.26. The number of ether oxygens (including phenoxy) is 2. The summed E-state index contributed by atoms with van der Waals surface area (Å²) < 4.78 is 11.5. The van der Waals surface area contributed by atoms with Crippen molar-refractivity contribution in [2.45, 2.75) is 6.92 Å². The topological polar surface area (TPSA) is 106 Å². The molecule has 0 heterocycles. The van der Waals surface area contributed by atoms with Crippen LogP contribution in [0.2, 0.25) is 5.02 Å². The van der Waals surface area contributed by atoms with Crippen molar-refractivity contribution in [1.29, 1.82) is 0 Å². The number of halogens is 2. The van der Waals surface area contributed by atoms with E-state index in [-0.39, 0.29) is 5.75 Å². The van der Waals surface area contributed by atoms with E-state index < -0.39 is 17.8 Å². The number of amides is 2. The number of carbonyl (C=O) groups excluding carboxylic acids is 3. The first-order valence-corrected chi connectivity index (χ1v) is 11.2. The van der Waals surface area contributed by atoms with E-state index in [0.717, 1.165) is 0 Å². The smallest absolute Gasteiger partial charge is 0.343 e. The van der Waals surface area contributed by atoms with E-state index in [1.54, 1.807) is 66.7 Å². The van der Waals surface area contributed by atoms with Crippen molar-refractivity contribution in [3.63, 3.8) is 0 Å². The van der Waals surface area contributed by atoms with Crippen LogP contribution in [0, 0.1) is 0 Å². The first-order valence-electron chi connectivity index (χ1n) is 10.00. The van der Waals surface area contributed by atoms with E-state index in [9.17, 15) is 14.4 Å². The molecule has 3 aromatic carbocycles. The molecule has 34 heavy (non-hydrogen) atoms. The van der Waals surface area contributed by atoms with E-state index in [0.29, 0.717) is 38.7 Å². The molecule has 0 saturated heterocycles. The Morgan fingerprint density at radius 3 is 2.38 bits per heavy atom. The minimum atomic E-state index is -0.972. The van der Waals surface area contributed by atoms with Crippen LogP contribution < -0.4 is 20.2 Å². The van der Waals surface area contributed by atoms with Crippen LogP contribution in [0.5, 0.6) is 11.5 Å². The van der Waals surface area contributed by atoms with E-state index in [4.69, 9.17) is 21.1 Å². The predicted molar refractivity (Wildman–Crippen MR) is 133 cm³/mol. The molecule has 0 spiro atoms. The van der Waals surface area contributed by atoms with Gasteiger partial charge < -0.3 is 14.8 Å². The number of hydrazone groups is 1.